The Balaban J connectivity index is 1.99. The van der Waals surface area contributed by atoms with Crippen LogP contribution in [0.2, 0.25) is 0 Å². The predicted octanol–water partition coefficient (Wildman–Crippen LogP) is 3.54. The van der Waals surface area contributed by atoms with E-state index < -0.39 is 0 Å². The highest BCUT2D eigenvalue weighted by Crippen LogP contribution is 2.22. The molecule has 3 N–H and O–H groups in total. The number of nitrogen functional groups attached to an aromatic ring is 1. The van der Waals surface area contributed by atoms with Crippen LogP contribution in [0.25, 0.3) is 0 Å². The zero-order valence-corrected chi connectivity index (χ0v) is 9.51. The Morgan fingerprint density at radius 1 is 1.12 bits per heavy atom. The topological polar surface area (TPSA) is 38.0 Å². The first-order valence-corrected chi connectivity index (χ1v) is 6.07. The van der Waals surface area contributed by atoms with Gasteiger partial charge in [-0.3, -0.25) is 0 Å². The molecule has 1 aliphatic rings. The molecular weight excluding hydrogens is 203 g/mol. The van der Waals surface area contributed by atoms with E-state index in [4.69, 9.17) is 5.73 Å². The van der Waals surface area contributed by atoms with E-state index in [9.17, 15) is 4.39 Å². The van der Waals surface area contributed by atoms with E-state index in [0.29, 0.717) is 6.04 Å². The molecule has 0 heterocycles. The van der Waals surface area contributed by atoms with Crippen LogP contribution in [0.4, 0.5) is 15.8 Å². The molecular formula is C13H19FN2. The largest absolute Gasteiger partial charge is 0.396 e. The van der Waals surface area contributed by atoms with E-state index in [0.717, 1.165) is 5.69 Å². The molecule has 0 atom stereocenters. The number of nitrogens with one attached hydrogen (secondary N) is 1. The van der Waals surface area contributed by atoms with Crippen LogP contribution < -0.4 is 11.1 Å². The normalized spacial score (nSPS) is 18.1. The Kier molecular flexibility index (Phi) is 3.65. The molecule has 1 aliphatic carbocycles. The monoisotopic (exact) mass is 222 g/mol. The average Bonchev–Trinajstić information content (AvgIpc) is 2.52. The summed E-state index contributed by atoms with van der Waals surface area (Å²) in [6.45, 7) is 0. The molecule has 2 nitrogen and oxygen atoms in total. The zero-order chi connectivity index (χ0) is 11.4. The standard InChI is InChI=1S/C13H19FN2/c14-12-9-11(7-8-13(12)15)16-10-5-3-1-2-4-6-10/h7-10,16H,1-6,15H2. The maximum absolute atomic E-state index is 13.2. The Labute approximate surface area is 96.0 Å². The van der Waals surface area contributed by atoms with Crippen molar-refractivity contribution in [2.75, 3.05) is 11.1 Å². The van der Waals surface area contributed by atoms with Crippen molar-refractivity contribution in [3.63, 3.8) is 0 Å². The third-order valence-corrected chi connectivity index (χ3v) is 3.23. The molecule has 0 aromatic heterocycles. The highest BCUT2D eigenvalue weighted by molar-refractivity contribution is 5.52. The van der Waals surface area contributed by atoms with Crippen molar-refractivity contribution < 1.29 is 4.39 Å². The van der Waals surface area contributed by atoms with E-state index in [-0.39, 0.29) is 11.5 Å². The average molecular weight is 222 g/mol. The molecule has 0 unspecified atom stereocenters. The molecule has 1 aromatic rings. The molecule has 0 saturated heterocycles. The summed E-state index contributed by atoms with van der Waals surface area (Å²) in [6.07, 6.45) is 7.57. The highest BCUT2D eigenvalue weighted by Gasteiger charge is 2.12. The molecule has 0 aliphatic heterocycles. The Morgan fingerprint density at radius 2 is 1.81 bits per heavy atom. The summed E-state index contributed by atoms with van der Waals surface area (Å²) in [5.74, 6) is -0.335. The minimum Gasteiger partial charge on any atom is -0.396 e. The molecule has 0 bridgehead atoms. The third-order valence-electron chi connectivity index (χ3n) is 3.23. The van der Waals surface area contributed by atoms with Crippen LogP contribution in [0, 0.1) is 5.82 Å². The van der Waals surface area contributed by atoms with Gasteiger partial charge in [0.05, 0.1) is 5.69 Å². The Morgan fingerprint density at radius 3 is 2.44 bits per heavy atom. The maximum Gasteiger partial charge on any atom is 0.148 e. The van der Waals surface area contributed by atoms with Gasteiger partial charge in [0.1, 0.15) is 5.82 Å². The second-order valence-electron chi connectivity index (χ2n) is 4.57. The summed E-state index contributed by atoms with van der Waals surface area (Å²) in [5, 5.41) is 3.39. The number of halogens is 1. The summed E-state index contributed by atoms with van der Waals surface area (Å²) < 4.78 is 13.2. The minimum atomic E-state index is -0.335. The van der Waals surface area contributed by atoms with Gasteiger partial charge in [0.25, 0.3) is 0 Å². The first-order chi connectivity index (χ1) is 7.75. The van der Waals surface area contributed by atoms with E-state index in [1.54, 1.807) is 6.07 Å². The van der Waals surface area contributed by atoms with Crippen LogP contribution in [0.5, 0.6) is 0 Å². The fourth-order valence-corrected chi connectivity index (χ4v) is 2.28. The lowest BCUT2D eigenvalue weighted by Crippen LogP contribution is -2.18. The van der Waals surface area contributed by atoms with Crippen molar-refractivity contribution in [2.45, 2.75) is 44.6 Å². The summed E-state index contributed by atoms with van der Waals surface area (Å²) >= 11 is 0. The van der Waals surface area contributed by atoms with Crippen molar-refractivity contribution in [1.29, 1.82) is 0 Å². The molecule has 1 aromatic carbocycles. The van der Waals surface area contributed by atoms with Crippen molar-refractivity contribution in [3.05, 3.63) is 24.0 Å². The molecule has 0 radical (unpaired) electrons. The maximum atomic E-state index is 13.2. The predicted molar refractivity (Wildman–Crippen MR) is 65.9 cm³/mol. The molecule has 1 saturated carbocycles. The van der Waals surface area contributed by atoms with Crippen molar-refractivity contribution in [1.82, 2.24) is 0 Å². The summed E-state index contributed by atoms with van der Waals surface area (Å²) in [5.41, 5.74) is 6.50. The van der Waals surface area contributed by atoms with E-state index in [1.165, 1.54) is 44.6 Å². The fourth-order valence-electron chi connectivity index (χ4n) is 2.28. The summed E-state index contributed by atoms with van der Waals surface area (Å²) in [7, 11) is 0. The van der Waals surface area contributed by atoms with Crippen molar-refractivity contribution in [2.24, 2.45) is 0 Å². The molecule has 0 spiro atoms. The van der Waals surface area contributed by atoms with Crippen LogP contribution in [0.3, 0.4) is 0 Å². The Bertz CT molecular complexity index is 344. The fraction of sp³-hybridized carbons (Fsp3) is 0.538. The van der Waals surface area contributed by atoms with Crippen molar-refractivity contribution >= 4 is 11.4 Å². The number of hydrogen-bond acceptors (Lipinski definition) is 2. The van der Waals surface area contributed by atoms with Gasteiger partial charge in [-0.2, -0.15) is 0 Å². The minimum absolute atomic E-state index is 0.214. The van der Waals surface area contributed by atoms with Crippen LogP contribution in [-0.2, 0) is 0 Å². The quantitative estimate of drug-likeness (QED) is 0.593. The van der Waals surface area contributed by atoms with Crippen LogP contribution in [-0.4, -0.2) is 6.04 Å². The SMILES string of the molecule is Nc1ccc(NC2CCCCCC2)cc1F. The number of nitrogens with two attached hydrogens (primary N) is 1. The number of anilines is 2. The first-order valence-electron chi connectivity index (χ1n) is 6.07. The summed E-state index contributed by atoms with van der Waals surface area (Å²) in [4.78, 5) is 0. The molecule has 3 heteroatoms. The number of hydrogen-bond donors (Lipinski definition) is 2. The van der Waals surface area contributed by atoms with Gasteiger partial charge >= 0.3 is 0 Å². The van der Waals surface area contributed by atoms with E-state index in [1.807, 2.05) is 6.07 Å². The second kappa shape index (κ2) is 5.19. The Hall–Kier alpha value is -1.25. The molecule has 2 rings (SSSR count). The number of rotatable bonds is 2. The zero-order valence-electron chi connectivity index (χ0n) is 9.51. The lowest BCUT2D eigenvalue weighted by atomic mass is 10.1. The van der Waals surface area contributed by atoms with Crippen molar-refractivity contribution in [3.8, 4) is 0 Å². The van der Waals surface area contributed by atoms with Crippen LogP contribution in [0.1, 0.15) is 38.5 Å². The van der Waals surface area contributed by atoms with Gasteiger partial charge in [-0.15, -0.1) is 0 Å². The molecule has 0 amide bonds. The van der Waals surface area contributed by atoms with Gasteiger partial charge in [0, 0.05) is 11.7 Å². The van der Waals surface area contributed by atoms with Gasteiger partial charge < -0.3 is 11.1 Å². The van der Waals surface area contributed by atoms with Gasteiger partial charge in [0.15, 0.2) is 0 Å². The first kappa shape index (κ1) is 11.2. The lowest BCUT2D eigenvalue weighted by Gasteiger charge is -2.17. The molecule has 16 heavy (non-hydrogen) atoms. The lowest BCUT2D eigenvalue weighted by molar-refractivity contribution is 0.614. The smallest absolute Gasteiger partial charge is 0.148 e. The number of benzene rings is 1. The second-order valence-corrected chi connectivity index (χ2v) is 4.57. The molecule has 88 valence electrons. The van der Waals surface area contributed by atoms with Gasteiger partial charge in [0.2, 0.25) is 0 Å². The highest BCUT2D eigenvalue weighted by atomic mass is 19.1. The van der Waals surface area contributed by atoms with Gasteiger partial charge in [-0.25, -0.2) is 4.39 Å². The van der Waals surface area contributed by atoms with E-state index >= 15 is 0 Å². The molecule has 1 fully saturated rings. The van der Waals surface area contributed by atoms with Crippen LogP contribution >= 0.6 is 0 Å². The van der Waals surface area contributed by atoms with Gasteiger partial charge in [-0.05, 0) is 31.0 Å². The summed E-state index contributed by atoms with van der Waals surface area (Å²) in [6, 6.07) is 5.45. The third kappa shape index (κ3) is 2.87. The van der Waals surface area contributed by atoms with Crippen LogP contribution in [0.15, 0.2) is 18.2 Å². The van der Waals surface area contributed by atoms with Gasteiger partial charge in [-0.1, -0.05) is 25.7 Å². The van der Waals surface area contributed by atoms with E-state index in [2.05, 4.69) is 5.32 Å².